The van der Waals surface area contributed by atoms with E-state index in [0.29, 0.717) is 13.0 Å². The average Bonchev–Trinajstić information content (AvgIpc) is 2.32. The Morgan fingerprint density at radius 2 is 2.15 bits per heavy atom. The number of amides is 1. The highest BCUT2D eigenvalue weighted by Crippen LogP contribution is 2.23. The number of hydrogen-bond acceptors (Lipinski definition) is 5. The van der Waals surface area contributed by atoms with Crippen LogP contribution in [-0.2, 0) is 9.57 Å². The molecule has 4 N–H and O–H groups in total. The molecule has 0 aliphatic carbocycles. The Morgan fingerprint density at radius 1 is 1.45 bits per heavy atom. The van der Waals surface area contributed by atoms with Crippen LogP contribution in [0.1, 0.15) is 38.9 Å². The lowest BCUT2D eigenvalue weighted by molar-refractivity contribution is -0.0455. The van der Waals surface area contributed by atoms with E-state index < -0.39 is 17.8 Å². The van der Waals surface area contributed by atoms with E-state index in [0.717, 1.165) is 5.56 Å². The molecule has 0 saturated heterocycles. The molecule has 0 spiro atoms. The molecule has 0 heterocycles. The smallest absolute Gasteiger partial charge is 0.431 e. The van der Waals surface area contributed by atoms with E-state index in [1.807, 2.05) is 0 Å². The summed E-state index contributed by atoms with van der Waals surface area (Å²) in [6.45, 7) is 5.67. The number of carbonyl (C=O) groups is 1. The molecule has 20 heavy (non-hydrogen) atoms. The quantitative estimate of drug-likeness (QED) is 0.720. The van der Waals surface area contributed by atoms with Gasteiger partial charge in [-0.15, -0.1) is 0 Å². The van der Waals surface area contributed by atoms with Gasteiger partial charge in [-0.2, -0.15) is 5.48 Å². The largest absolute Gasteiger partial charge is 0.508 e. The standard InChI is InChI=1S/C14H22N2O4/c1-14(2,3)19-13(18)16-20-12(7-8-15)10-5-4-6-11(17)9-10/h4-6,9,12,17H,7-8,15H2,1-3H3,(H,16,18). The number of ether oxygens (including phenoxy) is 1. The molecule has 1 aromatic rings. The van der Waals surface area contributed by atoms with E-state index in [9.17, 15) is 9.90 Å². The number of rotatable bonds is 5. The van der Waals surface area contributed by atoms with Gasteiger partial charge in [-0.05, 0) is 51.4 Å². The van der Waals surface area contributed by atoms with Crippen molar-refractivity contribution in [3.63, 3.8) is 0 Å². The minimum Gasteiger partial charge on any atom is -0.508 e. The first-order valence-electron chi connectivity index (χ1n) is 6.45. The number of hydroxylamine groups is 1. The van der Waals surface area contributed by atoms with Crippen LogP contribution in [-0.4, -0.2) is 23.3 Å². The van der Waals surface area contributed by atoms with Gasteiger partial charge in [0.2, 0.25) is 0 Å². The lowest BCUT2D eigenvalue weighted by Gasteiger charge is -2.22. The molecule has 1 atom stereocenters. The van der Waals surface area contributed by atoms with Gasteiger partial charge < -0.3 is 15.6 Å². The fourth-order valence-corrected chi connectivity index (χ4v) is 1.59. The van der Waals surface area contributed by atoms with E-state index in [1.165, 1.54) is 0 Å². The molecule has 6 heteroatoms. The van der Waals surface area contributed by atoms with Crippen LogP contribution in [0.5, 0.6) is 5.75 Å². The molecule has 1 rings (SSSR count). The molecule has 1 unspecified atom stereocenters. The molecular formula is C14H22N2O4. The van der Waals surface area contributed by atoms with Crippen LogP contribution in [0, 0.1) is 0 Å². The molecule has 0 aromatic heterocycles. The normalized spacial score (nSPS) is 12.8. The Balaban J connectivity index is 2.62. The lowest BCUT2D eigenvalue weighted by Crippen LogP contribution is -2.33. The number of phenolic OH excluding ortho intramolecular Hbond substituents is 1. The third-order valence-corrected chi connectivity index (χ3v) is 2.35. The Kier molecular flexibility index (Phi) is 5.79. The monoisotopic (exact) mass is 282 g/mol. The zero-order valence-electron chi connectivity index (χ0n) is 12.1. The van der Waals surface area contributed by atoms with Crippen molar-refractivity contribution in [1.29, 1.82) is 0 Å². The Labute approximate surface area is 118 Å². The van der Waals surface area contributed by atoms with Crippen LogP contribution in [0.2, 0.25) is 0 Å². The topological polar surface area (TPSA) is 93.8 Å². The molecule has 0 bridgehead atoms. The summed E-state index contributed by atoms with van der Waals surface area (Å²) in [5.41, 5.74) is 7.90. The Bertz CT molecular complexity index is 443. The summed E-state index contributed by atoms with van der Waals surface area (Å²) in [6, 6.07) is 6.61. The highest BCUT2D eigenvalue weighted by atomic mass is 16.7. The molecule has 1 aromatic carbocycles. The Morgan fingerprint density at radius 3 is 2.70 bits per heavy atom. The van der Waals surface area contributed by atoms with Gasteiger partial charge in [0.15, 0.2) is 0 Å². The highest BCUT2D eigenvalue weighted by molar-refractivity contribution is 5.66. The predicted octanol–water partition coefficient (Wildman–Crippen LogP) is 2.24. The molecule has 0 fully saturated rings. The molecule has 1 amide bonds. The van der Waals surface area contributed by atoms with E-state index in [4.69, 9.17) is 15.3 Å². The van der Waals surface area contributed by atoms with Crippen molar-refractivity contribution in [1.82, 2.24) is 5.48 Å². The first-order chi connectivity index (χ1) is 9.31. The summed E-state index contributed by atoms with van der Waals surface area (Å²) in [5.74, 6) is 0.130. The van der Waals surface area contributed by atoms with Gasteiger partial charge in [0.05, 0.1) is 0 Å². The van der Waals surface area contributed by atoms with Crippen LogP contribution in [0.3, 0.4) is 0 Å². The molecule has 112 valence electrons. The fourth-order valence-electron chi connectivity index (χ4n) is 1.59. The molecule has 0 radical (unpaired) electrons. The predicted molar refractivity (Wildman–Crippen MR) is 75.0 cm³/mol. The second-order valence-electron chi connectivity index (χ2n) is 5.38. The van der Waals surface area contributed by atoms with Crippen LogP contribution in [0.15, 0.2) is 24.3 Å². The average molecular weight is 282 g/mol. The van der Waals surface area contributed by atoms with Crippen molar-refractivity contribution in [3.8, 4) is 5.75 Å². The highest BCUT2D eigenvalue weighted by Gasteiger charge is 2.19. The van der Waals surface area contributed by atoms with Gasteiger partial charge in [0.25, 0.3) is 0 Å². The second-order valence-corrected chi connectivity index (χ2v) is 5.38. The van der Waals surface area contributed by atoms with Crippen molar-refractivity contribution in [2.45, 2.75) is 38.9 Å². The van der Waals surface area contributed by atoms with Crippen molar-refractivity contribution in [2.75, 3.05) is 6.54 Å². The number of phenols is 1. The minimum atomic E-state index is -0.667. The van der Waals surface area contributed by atoms with Crippen LogP contribution < -0.4 is 11.2 Å². The number of carbonyl (C=O) groups excluding carboxylic acids is 1. The minimum absolute atomic E-state index is 0.130. The zero-order valence-corrected chi connectivity index (χ0v) is 12.1. The summed E-state index contributed by atoms with van der Waals surface area (Å²) in [7, 11) is 0. The molecule has 0 aliphatic rings. The summed E-state index contributed by atoms with van der Waals surface area (Å²) in [4.78, 5) is 16.8. The van der Waals surface area contributed by atoms with Gasteiger partial charge in [0, 0.05) is 0 Å². The van der Waals surface area contributed by atoms with Crippen LogP contribution in [0.4, 0.5) is 4.79 Å². The lowest BCUT2D eigenvalue weighted by atomic mass is 10.1. The van der Waals surface area contributed by atoms with Crippen molar-refractivity contribution in [3.05, 3.63) is 29.8 Å². The van der Waals surface area contributed by atoms with Gasteiger partial charge in [-0.3, -0.25) is 4.84 Å². The first kappa shape index (κ1) is 16.3. The van der Waals surface area contributed by atoms with Gasteiger partial charge >= 0.3 is 6.09 Å². The summed E-state index contributed by atoms with van der Waals surface area (Å²) in [5, 5.41) is 9.46. The molecule has 6 nitrogen and oxygen atoms in total. The zero-order chi connectivity index (χ0) is 15.2. The number of aromatic hydroxyl groups is 1. The Hall–Kier alpha value is -1.79. The third kappa shape index (κ3) is 5.90. The third-order valence-electron chi connectivity index (χ3n) is 2.35. The number of nitrogens with one attached hydrogen (secondary N) is 1. The van der Waals surface area contributed by atoms with E-state index >= 15 is 0 Å². The summed E-state index contributed by atoms with van der Waals surface area (Å²) in [6.07, 6.45) is -0.613. The molecular weight excluding hydrogens is 260 g/mol. The van der Waals surface area contributed by atoms with Crippen LogP contribution in [0.25, 0.3) is 0 Å². The van der Waals surface area contributed by atoms with Gasteiger partial charge in [0.1, 0.15) is 17.5 Å². The molecule has 0 aliphatic heterocycles. The van der Waals surface area contributed by atoms with E-state index in [1.54, 1.807) is 45.0 Å². The van der Waals surface area contributed by atoms with Gasteiger partial charge in [-0.1, -0.05) is 12.1 Å². The summed E-state index contributed by atoms with van der Waals surface area (Å²) >= 11 is 0. The SMILES string of the molecule is CC(C)(C)OC(=O)NOC(CCN)c1cccc(O)c1. The number of hydrogen-bond donors (Lipinski definition) is 3. The maximum atomic E-state index is 11.5. The first-order valence-corrected chi connectivity index (χ1v) is 6.45. The maximum absolute atomic E-state index is 11.5. The maximum Gasteiger partial charge on any atom is 0.431 e. The summed E-state index contributed by atoms with van der Waals surface area (Å²) < 4.78 is 5.07. The number of benzene rings is 1. The number of nitrogens with two attached hydrogens (primary N) is 1. The van der Waals surface area contributed by atoms with Gasteiger partial charge in [-0.25, -0.2) is 4.79 Å². The van der Waals surface area contributed by atoms with Crippen LogP contribution >= 0.6 is 0 Å². The second kappa shape index (κ2) is 7.12. The van der Waals surface area contributed by atoms with Crippen molar-refractivity contribution < 1.29 is 19.5 Å². The van der Waals surface area contributed by atoms with Crippen molar-refractivity contribution in [2.24, 2.45) is 5.73 Å². The van der Waals surface area contributed by atoms with E-state index in [-0.39, 0.29) is 5.75 Å². The van der Waals surface area contributed by atoms with E-state index in [2.05, 4.69) is 5.48 Å². The van der Waals surface area contributed by atoms with Crippen molar-refractivity contribution >= 4 is 6.09 Å². The fraction of sp³-hybridized carbons (Fsp3) is 0.500. The molecule has 0 saturated carbocycles.